The van der Waals surface area contributed by atoms with Crippen LogP contribution >= 0.6 is 0 Å². The molecule has 0 aromatic heterocycles. The molecule has 1 aromatic carbocycles. The third-order valence-electron chi connectivity index (χ3n) is 5.06. The number of anilines is 2. The summed E-state index contributed by atoms with van der Waals surface area (Å²) in [5.74, 6) is 0.893. The predicted molar refractivity (Wildman–Crippen MR) is 96.1 cm³/mol. The molecule has 1 aromatic rings. The van der Waals surface area contributed by atoms with E-state index >= 15 is 0 Å². The van der Waals surface area contributed by atoms with Gasteiger partial charge in [-0.05, 0) is 36.6 Å². The van der Waals surface area contributed by atoms with Crippen LogP contribution in [0.1, 0.15) is 44.9 Å². The monoisotopic (exact) mass is 329 g/mol. The van der Waals surface area contributed by atoms with Gasteiger partial charge in [0.05, 0.1) is 6.54 Å². The Bertz CT molecular complexity index is 564. The largest absolute Gasteiger partial charge is 0.360 e. The second-order valence-electron chi connectivity index (χ2n) is 6.91. The highest BCUT2D eigenvalue weighted by Gasteiger charge is 2.17. The quantitative estimate of drug-likeness (QED) is 0.873. The van der Waals surface area contributed by atoms with E-state index in [4.69, 9.17) is 0 Å². The number of nitrogens with zero attached hydrogens (tertiary/aromatic N) is 1. The summed E-state index contributed by atoms with van der Waals surface area (Å²) in [6.07, 6.45) is 8.18. The standard InChI is InChI=1S/C19H27N3O2/c23-18(11-6-15-4-2-1-3-5-15)21-16-7-9-17(10-8-16)22-13-12-20-19(24)14-22/h7-10,15H,1-6,11-14H2,(H,20,24)(H,21,23). The molecule has 5 nitrogen and oxygen atoms in total. The zero-order chi connectivity index (χ0) is 16.8. The molecular weight excluding hydrogens is 302 g/mol. The number of nitrogens with one attached hydrogen (secondary N) is 2. The van der Waals surface area contributed by atoms with Crippen LogP contribution in [0.15, 0.2) is 24.3 Å². The first-order chi connectivity index (χ1) is 11.7. The van der Waals surface area contributed by atoms with Gasteiger partial charge in [-0.2, -0.15) is 0 Å². The van der Waals surface area contributed by atoms with Crippen molar-refractivity contribution in [1.82, 2.24) is 5.32 Å². The van der Waals surface area contributed by atoms with E-state index < -0.39 is 0 Å². The van der Waals surface area contributed by atoms with Crippen molar-refractivity contribution in [2.75, 3.05) is 29.9 Å². The Morgan fingerprint density at radius 2 is 1.92 bits per heavy atom. The first-order valence-corrected chi connectivity index (χ1v) is 9.12. The van der Waals surface area contributed by atoms with Crippen molar-refractivity contribution in [3.8, 4) is 0 Å². The molecule has 1 saturated carbocycles. The zero-order valence-corrected chi connectivity index (χ0v) is 14.2. The van der Waals surface area contributed by atoms with Crippen LogP contribution in [-0.4, -0.2) is 31.4 Å². The van der Waals surface area contributed by atoms with Gasteiger partial charge in [-0.3, -0.25) is 9.59 Å². The van der Waals surface area contributed by atoms with E-state index in [0.717, 1.165) is 30.3 Å². The van der Waals surface area contributed by atoms with Gasteiger partial charge in [-0.15, -0.1) is 0 Å². The molecule has 0 unspecified atom stereocenters. The third-order valence-corrected chi connectivity index (χ3v) is 5.06. The van der Waals surface area contributed by atoms with Crippen LogP contribution in [0.4, 0.5) is 11.4 Å². The summed E-state index contributed by atoms with van der Waals surface area (Å²) in [7, 11) is 0. The predicted octanol–water partition coefficient (Wildman–Crippen LogP) is 2.92. The number of hydrogen-bond donors (Lipinski definition) is 2. The Morgan fingerprint density at radius 1 is 1.17 bits per heavy atom. The van der Waals surface area contributed by atoms with Gasteiger partial charge in [-0.25, -0.2) is 0 Å². The molecule has 1 saturated heterocycles. The summed E-state index contributed by atoms with van der Waals surface area (Å²) < 4.78 is 0. The highest BCUT2D eigenvalue weighted by molar-refractivity contribution is 5.91. The Kier molecular flexibility index (Phi) is 5.72. The smallest absolute Gasteiger partial charge is 0.239 e. The van der Waals surface area contributed by atoms with E-state index in [1.54, 1.807) is 0 Å². The summed E-state index contributed by atoms with van der Waals surface area (Å²) in [6.45, 7) is 1.89. The molecule has 3 rings (SSSR count). The van der Waals surface area contributed by atoms with Crippen molar-refractivity contribution in [2.24, 2.45) is 5.92 Å². The second kappa shape index (κ2) is 8.18. The van der Waals surface area contributed by atoms with E-state index in [1.165, 1.54) is 32.1 Å². The number of hydrogen-bond acceptors (Lipinski definition) is 3. The number of piperazine rings is 1. The normalized spacial score (nSPS) is 19.0. The molecular formula is C19H27N3O2. The molecule has 2 fully saturated rings. The van der Waals surface area contributed by atoms with Crippen molar-refractivity contribution in [1.29, 1.82) is 0 Å². The minimum Gasteiger partial charge on any atom is -0.360 e. The molecule has 0 bridgehead atoms. The van der Waals surface area contributed by atoms with Gasteiger partial charge in [0.1, 0.15) is 0 Å². The van der Waals surface area contributed by atoms with Crippen LogP contribution < -0.4 is 15.5 Å². The van der Waals surface area contributed by atoms with Crippen molar-refractivity contribution < 1.29 is 9.59 Å². The lowest BCUT2D eigenvalue weighted by molar-refractivity contribution is -0.120. The minimum atomic E-state index is 0.0568. The van der Waals surface area contributed by atoms with Gasteiger partial charge in [0, 0.05) is 30.9 Å². The first-order valence-electron chi connectivity index (χ1n) is 9.12. The zero-order valence-electron chi connectivity index (χ0n) is 14.2. The molecule has 2 amide bonds. The van der Waals surface area contributed by atoms with Crippen LogP contribution in [0.2, 0.25) is 0 Å². The molecule has 2 aliphatic rings. The summed E-state index contributed by atoms with van der Waals surface area (Å²) in [6, 6.07) is 7.77. The van der Waals surface area contributed by atoms with Crippen molar-refractivity contribution >= 4 is 23.2 Å². The molecule has 1 aliphatic heterocycles. The van der Waals surface area contributed by atoms with Gasteiger partial charge < -0.3 is 15.5 Å². The van der Waals surface area contributed by atoms with Crippen LogP contribution in [0.25, 0.3) is 0 Å². The number of amides is 2. The molecule has 1 heterocycles. The van der Waals surface area contributed by atoms with E-state index in [9.17, 15) is 9.59 Å². The minimum absolute atomic E-state index is 0.0568. The van der Waals surface area contributed by atoms with Crippen LogP contribution in [0, 0.1) is 5.92 Å². The molecule has 0 spiro atoms. The lowest BCUT2D eigenvalue weighted by Gasteiger charge is -2.28. The first kappa shape index (κ1) is 16.8. The Balaban J connectivity index is 1.46. The maximum atomic E-state index is 12.1. The SMILES string of the molecule is O=C1CN(c2ccc(NC(=O)CCC3CCCCC3)cc2)CCN1. The van der Waals surface area contributed by atoms with Crippen molar-refractivity contribution in [3.63, 3.8) is 0 Å². The highest BCUT2D eigenvalue weighted by Crippen LogP contribution is 2.27. The van der Waals surface area contributed by atoms with Crippen LogP contribution in [-0.2, 0) is 9.59 Å². The Hall–Kier alpha value is -2.04. The summed E-state index contributed by atoms with van der Waals surface area (Å²) in [4.78, 5) is 25.6. The average molecular weight is 329 g/mol. The topological polar surface area (TPSA) is 61.4 Å². The van der Waals surface area contributed by atoms with Gasteiger partial charge in [-0.1, -0.05) is 32.1 Å². The molecule has 5 heteroatoms. The van der Waals surface area contributed by atoms with Gasteiger partial charge in [0.2, 0.25) is 11.8 Å². The fraction of sp³-hybridized carbons (Fsp3) is 0.579. The lowest BCUT2D eigenvalue weighted by atomic mass is 9.86. The highest BCUT2D eigenvalue weighted by atomic mass is 16.2. The third kappa shape index (κ3) is 4.73. The maximum absolute atomic E-state index is 12.1. The number of carbonyl (C=O) groups excluding carboxylic acids is 2. The van der Waals surface area contributed by atoms with E-state index in [1.807, 2.05) is 29.2 Å². The Morgan fingerprint density at radius 3 is 2.62 bits per heavy atom. The molecule has 24 heavy (non-hydrogen) atoms. The number of carbonyl (C=O) groups is 2. The summed E-state index contributed by atoms with van der Waals surface area (Å²) >= 11 is 0. The molecule has 0 radical (unpaired) electrons. The van der Waals surface area contributed by atoms with E-state index in [-0.39, 0.29) is 11.8 Å². The van der Waals surface area contributed by atoms with Gasteiger partial charge in [0.15, 0.2) is 0 Å². The molecule has 2 N–H and O–H groups in total. The fourth-order valence-electron chi connectivity index (χ4n) is 3.65. The van der Waals surface area contributed by atoms with Crippen LogP contribution in [0.5, 0.6) is 0 Å². The second-order valence-corrected chi connectivity index (χ2v) is 6.91. The summed E-state index contributed by atoms with van der Waals surface area (Å²) in [5, 5.41) is 5.81. The van der Waals surface area contributed by atoms with E-state index in [2.05, 4.69) is 10.6 Å². The Labute approximate surface area is 143 Å². The van der Waals surface area contributed by atoms with Crippen molar-refractivity contribution in [3.05, 3.63) is 24.3 Å². The number of rotatable bonds is 5. The average Bonchev–Trinajstić information content (AvgIpc) is 2.61. The van der Waals surface area contributed by atoms with Gasteiger partial charge >= 0.3 is 0 Å². The number of benzene rings is 1. The van der Waals surface area contributed by atoms with E-state index in [0.29, 0.717) is 19.5 Å². The van der Waals surface area contributed by atoms with Crippen LogP contribution in [0.3, 0.4) is 0 Å². The summed E-state index contributed by atoms with van der Waals surface area (Å²) in [5.41, 5.74) is 1.85. The molecule has 1 aliphatic carbocycles. The van der Waals surface area contributed by atoms with Gasteiger partial charge in [0.25, 0.3) is 0 Å². The molecule has 130 valence electrons. The molecule has 0 atom stereocenters. The lowest BCUT2D eigenvalue weighted by Crippen LogP contribution is -2.47. The fourth-order valence-corrected chi connectivity index (χ4v) is 3.65. The maximum Gasteiger partial charge on any atom is 0.239 e. The van der Waals surface area contributed by atoms with Crippen molar-refractivity contribution in [2.45, 2.75) is 44.9 Å².